The van der Waals surface area contributed by atoms with Gasteiger partial charge in [-0.2, -0.15) is 4.98 Å². The molecule has 2 N–H and O–H groups in total. The van der Waals surface area contributed by atoms with Crippen molar-refractivity contribution in [3.8, 4) is 17.0 Å². The largest absolute Gasteiger partial charge is 0.573 e. The highest BCUT2D eigenvalue weighted by molar-refractivity contribution is 9.10. The van der Waals surface area contributed by atoms with Gasteiger partial charge in [0.05, 0.1) is 11.4 Å². The van der Waals surface area contributed by atoms with Gasteiger partial charge < -0.3 is 15.4 Å². The number of benzene rings is 2. The van der Waals surface area contributed by atoms with E-state index in [1.807, 2.05) is 13.8 Å². The summed E-state index contributed by atoms with van der Waals surface area (Å²) < 4.78 is 56.4. The SMILES string of the molecule is CC(C)Nc1nc(Nc2ccc(Br)cc2F)cc(-c2cccc(OC(F)(F)F)c2)n1. The predicted octanol–water partition coefficient (Wildman–Crippen LogP) is 6.51. The molecule has 0 saturated carbocycles. The Morgan fingerprint density at radius 2 is 1.80 bits per heavy atom. The van der Waals surface area contributed by atoms with Crippen LogP contribution in [-0.2, 0) is 0 Å². The Kier molecular flexibility index (Phi) is 6.45. The number of halogens is 5. The van der Waals surface area contributed by atoms with Crippen molar-refractivity contribution in [3.63, 3.8) is 0 Å². The molecule has 0 atom stereocenters. The minimum atomic E-state index is -4.81. The normalized spacial score (nSPS) is 11.5. The maximum atomic E-state index is 14.2. The van der Waals surface area contributed by atoms with E-state index in [-0.39, 0.29) is 29.2 Å². The number of hydrogen-bond acceptors (Lipinski definition) is 5. The van der Waals surface area contributed by atoms with Gasteiger partial charge >= 0.3 is 6.36 Å². The average molecular weight is 485 g/mol. The molecule has 0 saturated heterocycles. The lowest BCUT2D eigenvalue weighted by Crippen LogP contribution is -2.17. The molecule has 0 unspecified atom stereocenters. The van der Waals surface area contributed by atoms with Gasteiger partial charge in [-0.15, -0.1) is 13.2 Å². The first-order valence-electron chi connectivity index (χ1n) is 8.83. The summed E-state index contributed by atoms with van der Waals surface area (Å²) in [4.78, 5) is 8.68. The van der Waals surface area contributed by atoms with E-state index in [0.717, 1.165) is 0 Å². The molecule has 1 heterocycles. The van der Waals surface area contributed by atoms with Gasteiger partial charge in [0.25, 0.3) is 0 Å². The highest BCUT2D eigenvalue weighted by atomic mass is 79.9. The molecule has 0 amide bonds. The van der Waals surface area contributed by atoms with Gasteiger partial charge in [-0.1, -0.05) is 28.1 Å². The van der Waals surface area contributed by atoms with E-state index >= 15 is 0 Å². The topological polar surface area (TPSA) is 59.1 Å². The van der Waals surface area contributed by atoms with Crippen LogP contribution in [-0.4, -0.2) is 22.4 Å². The third-order valence-corrected chi connectivity index (χ3v) is 4.19. The van der Waals surface area contributed by atoms with Gasteiger partial charge in [0.2, 0.25) is 5.95 Å². The zero-order valence-electron chi connectivity index (χ0n) is 15.9. The Bertz CT molecular complexity index is 1040. The minimum Gasteiger partial charge on any atom is -0.406 e. The van der Waals surface area contributed by atoms with Crippen LogP contribution in [0.5, 0.6) is 5.75 Å². The number of rotatable bonds is 6. The summed E-state index contributed by atoms with van der Waals surface area (Å²) in [5.74, 6) is -0.356. The summed E-state index contributed by atoms with van der Waals surface area (Å²) in [6.07, 6.45) is -4.81. The van der Waals surface area contributed by atoms with Crippen LogP contribution in [0.1, 0.15) is 13.8 Å². The minimum absolute atomic E-state index is 0.00239. The molecule has 0 spiro atoms. The fourth-order valence-corrected chi connectivity index (χ4v) is 2.90. The Morgan fingerprint density at radius 3 is 2.47 bits per heavy atom. The van der Waals surface area contributed by atoms with E-state index < -0.39 is 12.2 Å². The lowest BCUT2D eigenvalue weighted by atomic mass is 10.1. The van der Waals surface area contributed by atoms with Crippen LogP contribution in [0, 0.1) is 5.82 Å². The molecule has 30 heavy (non-hydrogen) atoms. The summed E-state index contributed by atoms with van der Waals surface area (Å²) in [6, 6.07) is 11.4. The van der Waals surface area contributed by atoms with Crippen molar-refractivity contribution in [1.29, 1.82) is 0 Å². The standard InChI is InChI=1S/C20H17BrF4N4O/c1-11(2)26-19-28-17(12-4-3-5-14(8-12)30-20(23,24)25)10-18(29-19)27-16-7-6-13(21)9-15(16)22/h3-11H,1-2H3,(H2,26,27,28,29). The summed E-state index contributed by atoms with van der Waals surface area (Å²) >= 11 is 3.19. The number of anilines is 3. The zero-order chi connectivity index (χ0) is 21.9. The van der Waals surface area contributed by atoms with Gasteiger partial charge in [-0.05, 0) is 44.2 Å². The van der Waals surface area contributed by atoms with Crippen LogP contribution in [0.3, 0.4) is 0 Å². The molecule has 0 bridgehead atoms. The van der Waals surface area contributed by atoms with Crippen LogP contribution >= 0.6 is 15.9 Å². The number of alkyl halides is 3. The number of nitrogens with one attached hydrogen (secondary N) is 2. The lowest BCUT2D eigenvalue weighted by molar-refractivity contribution is -0.274. The maximum absolute atomic E-state index is 14.2. The molecule has 0 radical (unpaired) electrons. The fourth-order valence-electron chi connectivity index (χ4n) is 2.56. The van der Waals surface area contributed by atoms with E-state index in [4.69, 9.17) is 0 Å². The maximum Gasteiger partial charge on any atom is 0.573 e. The van der Waals surface area contributed by atoms with Crippen molar-refractivity contribution in [2.75, 3.05) is 10.6 Å². The average Bonchev–Trinajstić information content (AvgIpc) is 2.62. The highest BCUT2D eigenvalue weighted by Crippen LogP contribution is 2.30. The summed E-state index contributed by atoms with van der Waals surface area (Å²) in [7, 11) is 0. The number of ether oxygens (including phenoxy) is 1. The van der Waals surface area contributed by atoms with E-state index in [1.165, 1.54) is 36.4 Å². The van der Waals surface area contributed by atoms with Gasteiger partial charge in [0.15, 0.2) is 0 Å². The molecule has 2 aromatic carbocycles. The molecule has 0 aliphatic heterocycles. The van der Waals surface area contributed by atoms with Gasteiger partial charge in [0, 0.05) is 22.1 Å². The molecule has 0 aliphatic rings. The molecule has 10 heteroatoms. The number of aromatic nitrogens is 2. The molecule has 158 valence electrons. The highest BCUT2D eigenvalue weighted by Gasteiger charge is 2.31. The monoisotopic (exact) mass is 484 g/mol. The molecule has 3 rings (SSSR count). The van der Waals surface area contributed by atoms with Gasteiger partial charge in [-0.25, -0.2) is 9.37 Å². The van der Waals surface area contributed by atoms with Crippen molar-refractivity contribution >= 4 is 33.4 Å². The predicted molar refractivity (Wildman–Crippen MR) is 110 cm³/mol. The third kappa shape index (κ3) is 6.06. The molecular formula is C20H17BrF4N4O. The summed E-state index contributed by atoms with van der Waals surface area (Å²) in [6.45, 7) is 3.77. The van der Waals surface area contributed by atoms with Gasteiger partial charge in [-0.3, -0.25) is 0 Å². The fraction of sp³-hybridized carbons (Fsp3) is 0.200. The molecule has 3 aromatic rings. The Morgan fingerprint density at radius 1 is 1.03 bits per heavy atom. The van der Waals surface area contributed by atoms with Crippen LogP contribution in [0.2, 0.25) is 0 Å². The van der Waals surface area contributed by atoms with E-state index in [9.17, 15) is 17.6 Å². The first-order chi connectivity index (χ1) is 14.1. The summed E-state index contributed by atoms with van der Waals surface area (Å²) in [5.41, 5.74) is 0.901. The summed E-state index contributed by atoms with van der Waals surface area (Å²) in [5, 5.41) is 5.92. The van der Waals surface area contributed by atoms with Crippen molar-refractivity contribution in [2.24, 2.45) is 0 Å². The van der Waals surface area contributed by atoms with Crippen LogP contribution in [0.4, 0.5) is 35.0 Å². The first kappa shape index (κ1) is 21.8. The quantitative estimate of drug-likeness (QED) is 0.390. The van der Waals surface area contributed by atoms with E-state index in [1.54, 1.807) is 12.1 Å². The van der Waals surface area contributed by atoms with E-state index in [2.05, 4.69) is 41.3 Å². The number of nitrogens with zero attached hydrogens (tertiary/aromatic N) is 2. The van der Waals surface area contributed by atoms with Crippen LogP contribution in [0.15, 0.2) is 53.0 Å². The Balaban J connectivity index is 2.00. The first-order valence-corrected chi connectivity index (χ1v) is 9.62. The van der Waals surface area contributed by atoms with Gasteiger partial charge in [0.1, 0.15) is 17.4 Å². The molecular weight excluding hydrogens is 468 g/mol. The lowest BCUT2D eigenvalue weighted by Gasteiger charge is -2.14. The van der Waals surface area contributed by atoms with Crippen LogP contribution < -0.4 is 15.4 Å². The van der Waals surface area contributed by atoms with Crippen molar-refractivity contribution in [2.45, 2.75) is 26.3 Å². The van der Waals surface area contributed by atoms with Crippen molar-refractivity contribution in [3.05, 3.63) is 58.8 Å². The molecule has 1 aromatic heterocycles. The van der Waals surface area contributed by atoms with Crippen molar-refractivity contribution in [1.82, 2.24) is 9.97 Å². The Labute approximate surface area is 178 Å². The second kappa shape index (κ2) is 8.86. The van der Waals surface area contributed by atoms with Crippen LogP contribution in [0.25, 0.3) is 11.3 Å². The third-order valence-electron chi connectivity index (χ3n) is 3.70. The van der Waals surface area contributed by atoms with E-state index in [0.29, 0.717) is 15.7 Å². The Hall–Kier alpha value is -2.88. The zero-order valence-corrected chi connectivity index (χ0v) is 17.5. The second-order valence-electron chi connectivity index (χ2n) is 6.59. The molecule has 5 nitrogen and oxygen atoms in total. The molecule has 0 aliphatic carbocycles. The smallest absolute Gasteiger partial charge is 0.406 e. The van der Waals surface area contributed by atoms with Crippen molar-refractivity contribution < 1.29 is 22.3 Å². The molecule has 0 fully saturated rings. The second-order valence-corrected chi connectivity index (χ2v) is 7.50. The number of hydrogen-bond donors (Lipinski definition) is 2.